The normalized spacial score (nSPS) is 23.9. The van der Waals surface area contributed by atoms with Crippen molar-refractivity contribution in [3.8, 4) is 0 Å². The van der Waals surface area contributed by atoms with Gasteiger partial charge in [0.15, 0.2) is 0 Å². The molecule has 1 atom stereocenters. The van der Waals surface area contributed by atoms with Gasteiger partial charge in [0.2, 0.25) is 5.91 Å². The second-order valence-corrected chi connectivity index (χ2v) is 5.97. The third-order valence-electron chi connectivity index (χ3n) is 4.14. The number of carbonyl (C=O) groups is 1. The summed E-state index contributed by atoms with van der Waals surface area (Å²) in [5.41, 5.74) is 0. The fourth-order valence-corrected chi connectivity index (χ4v) is 2.86. The summed E-state index contributed by atoms with van der Waals surface area (Å²) in [7, 11) is 1.70. The highest BCUT2D eigenvalue weighted by molar-refractivity contribution is 5.77. The minimum absolute atomic E-state index is 0.128. The molecule has 0 aromatic rings. The van der Waals surface area contributed by atoms with E-state index in [-0.39, 0.29) is 5.91 Å². The topological polar surface area (TPSA) is 44.4 Å². The number of nitrogens with zero attached hydrogens (tertiary/aromatic N) is 1. The average molecular weight is 253 g/mol. The molecule has 104 valence electrons. The fraction of sp³-hybridized carbons (Fsp3) is 0.929. The summed E-state index contributed by atoms with van der Waals surface area (Å²) in [5.74, 6) is 1.13. The Morgan fingerprint density at radius 1 is 1.28 bits per heavy atom. The third-order valence-corrected chi connectivity index (χ3v) is 4.14. The van der Waals surface area contributed by atoms with Gasteiger partial charge in [-0.25, -0.2) is 0 Å². The zero-order valence-electron chi connectivity index (χ0n) is 11.7. The van der Waals surface area contributed by atoms with Crippen molar-refractivity contribution in [2.45, 2.75) is 51.1 Å². The lowest BCUT2D eigenvalue weighted by Gasteiger charge is -2.33. The van der Waals surface area contributed by atoms with Crippen molar-refractivity contribution in [2.24, 2.45) is 5.92 Å². The molecule has 1 saturated carbocycles. The number of hydrogen-bond donors (Lipinski definition) is 2. The fourth-order valence-electron chi connectivity index (χ4n) is 2.86. The van der Waals surface area contributed by atoms with Crippen molar-refractivity contribution in [2.75, 3.05) is 26.7 Å². The quantitative estimate of drug-likeness (QED) is 0.741. The summed E-state index contributed by atoms with van der Waals surface area (Å²) < 4.78 is 0. The van der Waals surface area contributed by atoms with Gasteiger partial charge in [-0.1, -0.05) is 12.8 Å². The molecule has 0 aromatic carbocycles. The molecule has 4 heteroatoms. The molecule has 18 heavy (non-hydrogen) atoms. The van der Waals surface area contributed by atoms with Gasteiger partial charge >= 0.3 is 0 Å². The van der Waals surface area contributed by atoms with Crippen LogP contribution in [0.3, 0.4) is 0 Å². The van der Waals surface area contributed by atoms with Crippen LogP contribution in [-0.2, 0) is 4.79 Å². The number of nitrogens with one attached hydrogen (secondary N) is 2. The van der Waals surface area contributed by atoms with Crippen LogP contribution < -0.4 is 10.6 Å². The summed E-state index contributed by atoms with van der Waals surface area (Å²) >= 11 is 0. The van der Waals surface area contributed by atoms with Gasteiger partial charge < -0.3 is 10.6 Å². The molecule has 0 bridgehead atoms. The van der Waals surface area contributed by atoms with Crippen molar-refractivity contribution in [3.05, 3.63) is 0 Å². The van der Waals surface area contributed by atoms with E-state index in [2.05, 4.69) is 22.5 Å². The molecule has 0 aromatic heterocycles. The van der Waals surface area contributed by atoms with Gasteiger partial charge in [-0.2, -0.15) is 0 Å². The third kappa shape index (κ3) is 4.58. The summed E-state index contributed by atoms with van der Waals surface area (Å²) in [4.78, 5) is 13.6. The van der Waals surface area contributed by atoms with E-state index in [9.17, 15) is 4.79 Å². The number of likely N-dealkylation sites (tertiary alicyclic amines) is 1. The summed E-state index contributed by atoms with van der Waals surface area (Å²) in [6, 6.07) is 1.31. The monoisotopic (exact) mass is 253 g/mol. The highest BCUT2D eigenvalue weighted by Gasteiger charge is 2.26. The zero-order chi connectivity index (χ0) is 13.0. The molecule has 2 aliphatic rings. The first-order valence-corrected chi connectivity index (χ1v) is 7.36. The molecule has 1 amide bonds. The van der Waals surface area contributed by atoms with Crippen molar-refractivity contribution in [3.63, 3.8) is 0 Å². The first-order chi connectivity index (χ1) is 8.67. The van der Waals surface area contributed by atoms with E-state index >= 15 is 0 Å². The highest BCUT2D eigenvalue weighted by atomic mass is 16.1. The van der Waals surface area contributed by atoms with Gasteiger partial charge in [-0.15, -0.1) is 0 Å². The van der Waals surface area contributed by atoms with Gasteiger partial charge in [0, 0.05) is 32.2 Å². The van der Waals surface area contributed by atoms with Crippen LogP contribution >= 0.6 is 0 Å². The molecule has 0 spiro atoms. The van der Waals surface area contributed by atoms with Crippen LogP contribution in [0.2, 0.25) is 0 Å². The van der Waals surface area contributed by atoms with E-state index in [4.69, 9.17) is 0 Å². The molecular weight excluding hydrogens is 226 g/mol. The summed E-state index contributed by atoms with van der Waals surface area (Å²) in [5, 5.41) is 6.44. The van der Waals surface area contributed by atoms with Crippen molar-refractivity contribution < 1.29 is 4.79 Å². The van der Waals surface area contributed by atoms with E-state index in [0.717, 1.165) is 19.0 Å². The minimum atomic E-state index is 0.128. The second kappa shape index (κ2) is 6.53. The standard InChI is InChI=1S/C14H27N3O/c1-11(9-12-3-4-12)16-13-5-7-17(8-6-13)10-14(18)15-2/h11-13,16H,3-10H2,1-2H3,(H,15,18). The van der Waals surface area contributed by atoms with E-state index in [1.165, 1.54) is 32.1 Å². The van der Waals surface area contributed by atoms with Gasteiger partial charge in [-0.3, -0.25) is 9.69 Å². The number of carbonyl (C=O) groups excluding carboxylic acids is 1. The molecular formula is C14H27N3O. The van der Waals surface area contributed by atoms with Crippen LogP contribution in [0.1, 0.15) is 39.0 Å². The molecule has 4 nitrogen and oxygen atoms in total. The van der Waals surface area contributed by atoms with Crippen molar-refractivity contribution in [1.82, 2.24) is 15.5 Å². The Labute approximate surface area is 110 Å². The molecule has 1 aliphatic heterocycles. The molecule has 2 fully saturated rings. The maximum Gasteiger partial charge on any atom is 0.233 e. The molecule has 1 saturated heterocycles. The highest BCUT2D eigenvalue weighted by Crippen LogP contribution is 2.33. The number of amides is 1. The average Bonchev–Trinajstić information content (AvgIpc) is 3.15. The number of hydrogen-bond acceptors (Lipinski definition) is 3. The molecule has 1 aliphatic carbocycles. The van der Waals surface area contributed by atoms with Crippen LogP contribution in [0.4, 0.5) is 0 Å². The first kappa shape index (κ1) is 13.8. The number of piperidine rings is 1. The van der Waals surface area contributed by atoms with E-state index in [1.807, 2.05) is 0 Å². The van der Waals surface area contributed by atoms with Gasteiger partial charge in [0.05, 0.1) is 6.54 Å². The van der Waals surface area contributed by atoms with Crippen LogP contribution in [0, 0.1) is 5.92 Å². The predicted molar refractivity (Wildman–Crippen MR) is 73.5 cm³/mol. The van der Waals surface area contributed by atoms with Crippen LogP contribution in [-0.4, -0.2) is 49.6 Å². The minimum Gasteiger partial charge on any atom is -0.358 e. The van der Waals surface area contributed by atoms with E-state index in [1.54, 1.807) is 7.05 Å². The summed E-state index contributed by atoms with van der Waals surface area (Å²) in [6.07, 6.45) is 6.57. The molecule has 2 N–H and O–H groups in total. The Balaban J connectivity index is 1.61. The van der Waals surface area contributed by atoms with Crippen molar-refractivity contribution in [1.29, 1.82) is 0 Å². The Hall–Kier alpha value is -0.610. The van der Waals surface area contributed by atoms with Gasteiger partial charge in [-0.05, 0) is 32.1 Å². The lowest BCUT2D eigenvalue weighted by molar-refractivity contribution is -0.122. The Bertz CT molecular complexity index is 270. The van der Waals surface area contributed by atoms with Gasteiger partial charge in [0.1, 0.15) is 0 Å². The number of rotatable bonds is 6. The second-order valence-electron chi connectivity index (χ2n) is 5.97. The van der Waals surface area contributed by atoms with Crippen LogP contribution in [0.25, 0.3) is 0 Å². The molecule has 1 unspecified atom stereocenters. The van der Waals surface area contributed by atoms with Crippen LogP contribution in [0.15, 0.2) is 0 Å². The Kier molecular flexibility index (Phi) is 5.01. The maximum absolute atomic E-state index is 11.3. The van der Waals surface area contributed by atoms with E-state index < -0.39 is 0 Å². The SMILES string of the molecule is CNC(=O)CN1CCC(NC(C)CC2CC2)CC1. The molecule has 2 rings (SSSR count). The van der Waals surface area contributed by atoms with Crippen molar-refractivity contribution >= 4 is 5.91 Å². The lowest BCUT2D eigenvalue weighted by atomic mass is 10.0. The summed E-state index contributed by atoms with van der Waals surface area (Å²) in [6.45, 7) is 4.96. The van der Waals surface area contributed by atoms with Crippen LogP contribution in [0.5, 0.6) is 0 Å². The van der Waals surface area contributed by atoms with Gasteiger partial charge in [0.25, 0.3) is 0 Å². The molecule has 0 radical (unpaired) electrons. The first-order valence-electron chi connectivity index (χ1n) is 7.36. The lowest BCUT2D eigenvalue weighted by Crippen LogP contribution is -2.47. The number of likely N-dealkylation sites (N-methyl/N-ethyl adjacent to an activating group) is 1. The largest absolute Gasteiger partial charge is 0.358 e. The maximum atomic E-state index is 11.3. The zero-order valence-corrected chi connectivity index (χ0v) is 11.7. The smallest absolute Gasteiger partial charge is 0.233 e. The Morgan fingerprint density at radius 2 is 1.94 bits per heavy atom. The molecule has 1 heterocycles. The van der Waals surface area contributed by atoms with E-state index in [0.29, 0.717) is 18.6 Å². The Morgan fingerprint density at radius 3 is 2.50 bits per heavy atom. The predicted octanol–water partition coefficient (Wildman–Crippen LogP) is 0.975.